The Balaban J connectivity index is 1.70. The van der Waals surface area contributed by atoms with E-state index in [0.717, 1.165) is 42.5 Å². The van der Waals surface area contributed by atoms with E-state index in [1.165, 1.54) is 0 Å². The molecule has 2 aromatic rings. The van der Waals surface area contributed by atoms with Crippen LogP contribution >= 0.6 is 0 Å². The molecular formula is C16H18N4O2. The minimum Gasteiger partial charge on any atom is -0.496 e. The third kappa shape index (κ3) is 2.86. The third-order valence-corrected chi connectivity index (χ3v) is 3.78. The van der Waals surface area contributed by atoms with E-state index in [1.807, 2.05) is 24.3 Å². The summed E-state index contributed by atoms with van der Waals surface area (Å²) in [6, 6.07) is 7.47. The van der Waals surface area contributed by atoms with E-state index < -0.39 is 0 Å². The van der Waals surface area contributed by atoms with Crippen molar-refractivity contribution in [2.24, 2.45) is 5.10 Å². The number of nitrogens with zero attached hydrogens (tertiary/aromatic N) is 2. The number of H-pyrrole nitrogens is 1. The van der Waals surface area contributed by atoms with Crippen molar-refractivity contribution in [1.82, 2.24) is 15.6 Å². The van der Waals surface area contributed by atoms with Gasteiger partial charge in [0.2, 0.25) is 0 Å². The molecule has 1 heterocycles. The molecule has 2 N–H and O–H groups in total. The Morgan fingerprint density at radius 3 is 3.05 bits per heavy atom. The fourth-order valence-electron chi connectivity index (χ4n) is 2.66. The third-order valence-electron chi connectivity index (χ3n) is 3.78. The highest BCUT2D eigenvalue weighted by molar-refractivity contribution is 5.95. The Bertz CT molecular complexity index is 706. The molecule has 6 nitrogen and oxygen atoms in total. The molecule has 0 spiro atoms. The Morgan fingerprint density at radius 2 is 2.18 bits per heavy atom. The molecule has 0 aliphatic heterocycles. The standard InChI is InChI=1S/C16H18N4O2/c1-22-14-9-5-2-6-11(14)10-17-20-16(21)15-12-7-3-4-8-13(12)18-19-15/h2,5-6,9-10H,3-4,7-8H2,1H3,(H,18,19)(H,20,21). The average molecular weight is 298 g/mol. The molecular weight excluding hydrogens is 280 g/mol. The summed E-state index contributed by atoms with van der Waals surface area (Å²) in [4.78, 5) is 12.2. The fourth-order valence-corrected chi connectivity index (χ4v) is 2.66. The lowest BCUT2D eigenvalue weighted by Gasteiger charge is -2.10. The number of rotatable bonds is 4. The fraction of sp³-hybridized carbons (Fsp3) is 0.312. The van der Waals surface area contributed by atoms with Gasteiger partial charge >= 0.3 is 0 Å². The van der Waals surface area contributed by atoms with Crippen LogP contribution in [0.2, 0.25) is 0 Å². The van der Waals surface area contributed by atoms with E-state index in [4.69, 9.17) is 4.74 Å². The zero-order valence-electron chi connectivity index (χ0n) is 12.4. The van der Waals surface area contributed by atoms with Gasteiger partial charge in [0.25, 0.3) is 5.91 Å². The summed E-state index contributed by atoms with van der Waals surface area (Å²) in [5.74, 6) is 0.420. The first kappa shape index (κ1) is 14.3. The lowest BCUT2D eigenvalue weighted by molar-refractivity contribution is 0.0949. The molecule has 114 valence electrons. The van der Waals surface area contributed by atoms with E-state index in [2.05, 4.69) is 20.7 Å². The maximum atomic E-state index is 12.2. The Morgan fingerprint density at radius 1 is 1.36 bits per heavy atom. The summed E-state index contributed by atoms with van der Waals surface area (Å²) in [6.45, 7) is 0. The van der Waals surface area contributed by atoms with E-state index in [9.17, 15) is 4.79 Å². The molecule has 6 heteroatoms. The van der Waals surface area contributed by atoms with Gasteiger partial charge in [-0.15, -0.1) is 0 Å². The highest BCUT2D eigenvalue weighted by atomic mass is 16.5. The second-order valence-corrected chi connectivity index (χ2v) is 5.18. The van der Waals surface area contributed by atoms with E-state index in [0.29, 0.717) is 11.4 Å². The number of aromatic nitrogens is 2. The predicted molar refractivity (Wildman–Crippen MR) is 83.3 cm³/mol. The zero-order chi connectivity index (χ0) is 15.4. The number of methoxy groups -OCH3 is 1. The largest absolute Gasteiger partial charge is 0.496 e. The maximum absolute atomic E-state index is 12.2. The van der Waals surface area contributed by atoms with Crippen molar-refractivity contribution in [2.75, 3.05) is 7.11 Å². The van der Waals surface area contributed by atoms with Gasteiger partial charge in [-0.3, -0.25) is 9.89 Å². The first-order valence-electron chi connectivity index (χ1n) is 7.32. The van der Waals surface area contributed by atoms with E-state index in [1.54, 1.807) is 13.3 Å². The van der Waals surface area contributed by atoms with Crippen LogP contribution in [0.4, 0.5) is 0 Å². The number of benzene rings is 1. The second-order valence-electron chi connectivity index (χ2n) is 5.18. The monoisotopic (exact) mass is 298 g/mol. The van der Waals surface area contributed by atoms with Gasteiger partial charge in [0, 0.05) is 16.8 Å². The number of carbonyl (C=O) groups is 1. The van der Waals surface area contributed by atoms with Gasteiger partial charge in [0.15, 0.2) is 5.69 Å². The van der Waals surface area contributed by atoms with E-state index >= 15 is 0 Å². The average Bonchev–Trinajstić information content (AvgIpc) is 2.99. The molecule has 0 saturated heterocycles. The smallest absolute Gasteiger partial charge is 0.292 e. The van der Waals surface area contributed by atoms with Gasteiger partial charge < -0.3 is 4.74 Å². The van der Waals surface area contributed by atoms with Crippen LogP contribution in [-0.4, -0.2) is 29.4 Å². The van der Waals surface area contributed by atoms with E-state index in [-0.39, 0.29) is 5.91 Å². The molecule has 0 radical (unpaired) electrons. The Labute approximate surface area is 128 Å². The highest BCUT2D eigenvalue weighted by Gasteiger charge is 2.21. The Hall–Kier alpha value is -2.63. The second kappa shape index (κ2) is 6.43. The number of para-hydroxylation sites is 1. The van der Waals surface area contributed by atoms with Gasteiger partial charge in [-0.2, -0.15) is 10.2 Å². The van der Waals surface area contributed by atoms with Crippen LogP contribution < -0.4 is 10.2 Å². The summed E-state index contributed by atoms with van der Waals surface area (Å²) in [6.07, 6.45) is 5.65. The number of aryl methyl sites for hydroxylation is 1. The predicted octanol–water partition coefficient (Wildman–Crippen LogP) is 2.06. The van der Waals surface area contributed by atoms with Crippen LogP contribution in [-0.2, 0) is 12.8 Å². The summed E-state index contributed by atoms with van der Waals surface area (Å²) in [7, 11) is 1.60. The van der Waals surface area contributed by atoms with Crippen LogP contribution in [0.3, 0.4) is 0 Å². The topological polar surface area (TPSA) is 79.4 Å². The Kier molecular flexibility index (Phi) is 4.18. The summed E-state index contributed by atoms with van der Waals surface area (Å²) in [5.41, 5.74) is 5.88. The molecule has 0 unspecified atom stereocenters. The number of fused-ring (bicyclic) bond motifs is 1. The van der Waals surface area contributed by atoms with Crippen molar-refractivity contribution in [2.45, 2.75) is 25.7 Å². The molecule has 0 bridgehead atoms. The van der Waals surface area contributed by atoms with Gasteiger partial charge in [0.05, 0.1) is 13.3 Å². The van der Waals surface area contributed by atoms with Crippen LogP contribution in [0.1, 0.15) is 40.2 Å². The molecule has 3 rings (SSSR count). The molecule has 1 aliphatic rings. The zero-order valence-corrected chi connectivity index (χ0v) is 12.4. The summed E-state index contributed by atoms with van der Waals surface area (Å²) >= 11 is 0. The lowest BCUT2D eigenvalue weighted by Crippen LogP contribution is -2.20. The molecule has 0 atom stereocenters. The highest BCUT2D eigenvalue weighted by Crippen LogP contribution is 2.22. The number of carbonyl (C=O) groups excluding carboxylic acids is 1. The first-order chi connectivity index (χ1) is 10.8. The molecule has 1 aliphatic carbocycles. The SMILES string of the molecule is COc1ccccc1C=NNC(=O)c1n[nH]c2c1CCCC2. The molecule has 1 aromatic carbocycles. The van der Waals surface area contributed by atoms with Gasteiger partial charge in [-0.1, -0.05) is 12.1 Å². The van der Waals surface area contributed by atoms with Crippen molar-refractivity contribution >= 4 is 12.1 Å². The number of nitrogens with one attached hydrogen (secondary N) is 2. The lowest BCUT2D eigenvalue weighted by atomic mass is 9.96. The van der Waals surface area contributed by atoms with Crippen LogP contribution in [0.5, 0.6) is 5.75 Å². The molecule has 22 heavy (non-hydrogen) atoms. The van der Waals surface area contributed by atoms with Gasteiger partial charge in [-0.05, 0) is 37.8 Å². The maximum Gasteiger partial charge on any atom is 0.292 e. The van der Waals surface area contributed by atoms with Gasteiger partial charge in [-0.25, -0.2) is 5.43 Å². The number of aromatic amines is 1. The molecule has 0 fully saturated rings. The molecule has 1 amide bonds. The van der Waals surface area contributed by atoms with Crippen LogP contribution in [0.15, 0.2) is 29.4 Å². The molecule has 1 aromatic heterocycles. The normalized spacial score (nSPS) is 13.9. The van der Waals surface area contributed by atoms with Crippen molar-refractivity contribution in [3.8, 4) is 5.75 Å². The quantitative estimate of drug-likeness (QED) is 0.670. The first-order valence-corrected chi connectivity index (χ1v) is 7.32. The number of amides is 1. The van der Waals surface area contributed by atoms with Crippen molar-refractivity contribution in [3.05, 3.63) is 46.8 Å². The summed E-state index contributed by atoms with van der Waals surface area (Å²) < 4.78 is 5.23. The van der Waals surface area contributed by atoms with Gasteiger partial charge in [0.1, 0.15) is 5.75 Å². The number of ether oxygens (including phenoxy) is 1. The minimum atomic E-state index is -0.287. The van der Waals surface area contributed by atoms with Crippen molar-refractivity contribution < 1.29 is 9.53 Å². The van der Waals surface area contributed by atoms with Crippen molar-refractivity contribution in [1.29, 1.82) is 0 Å². The van der Waals surface area contributed by atoms with Crippen LogP contribution in [0, 0.1) is 0 Å². The molecule has 0 saturated carbocycles. The van der Waals surface area contributed by atoms with Crippen LogP contribution in [0.25, 0.3) is 0 Å². The number of hydrazone groups is 1. The number of hydrogen-bond acceptors (Lipinski definition) is 4. The van der Waals surface area contributed by atoms with Crippen molar-refractivity contribution in [3.63, 3.8) is 0 Å². The number of hydrogen-bond donors (Lipinski definition) is 2. The minimum absolute atomic E-state index is 0.287. The summed E-state index contributed by atoms with van der Waals surface area (Å²) in [5, 5.41) is 11.1.